The summed E-state index contributed by atoms with van der Waals surface area (Å²) in [6.45, 7) is 0.313. The molecule has 0 spiro atoms. The molecule has 0 saturated heterocycles. The van der Waals surface area contributed by atoms with E-state index in [4.69, 9.17) is 15.3 Å². The number of Topliss-reactive ketones (excluding diaryl/α,β-unsaturated/α-hetero) is 2. The third-order valence-electron chi connectivity index (χ3n) is 7.32. The van der Waals surface area contributed by atoms with Gasteiger partial charge in [-0.1, -0.05) is 6.07 Å². The van der Waals surface area contributed by atoms with Crippen molar-refractivity contribution in [3.05, 3.63) is 51.7 Å². The Morgan fingerprint density at radius 2 is 1.86 bits per heavy atom. The van der Waals surface area contributed by atoms with E-state index in [1.165, 1.54) is 18.1 Å². The number of aliphatic hydroxyl groups is 3. The van der Waals surface area contributed by atoms with Gasteiger partial charge in [0, 0.05) is 25.1 Å². The number of allylic oxidation sites excluding steroid dienone is 1. The number of ketones is 2. The Labute approximate surface area is 206 Å². The molecule has 0 fully saturated rings. The van der Waals surface area contributed by atoms with Crippen LogP contribution in [0.1, 0.15) is 27.9 Å². The maximum absolute atomic E-state index is 13.6. The zero-order valence-corrected chi connectivity index (χ0v) is 20.3. The molecule has 3 aliphatic rings. The van der Waals surface area contributed by atoms with Gasteiger partial charge in [0.1, 0.15) is 11.5 Å². The molecule has 0 aromatic heterocycles. The highest BCUT2D eigenvalue weighted by atomic mass is 16.7. The Morgan fingerprint density at radius 1 is 1.19 bits per heavy atom. The van der Waals surface area contributed by atoms with Gasteiger partial charge in [0.2, 0.25) is 11.5 Å². The van der Waals surface area contributed by atoms with Gasteiger partial charge in [-0.15, -0.1) is 0 Å². The van der Waals surface area contributed by atoms with E-state index >= 15 is 0 Å². The van der Waals surface area contributed by atoms with Crippen LogP contribution in [0.2, 0.25) is 0 Å². The number of hydrogen-bond acceptors (Lipinski definition) is 11. The predicted octanol–water partition coefficient (Wildman–Crippen LogP) is 0.681. The number of nitrogens with two attached hydrogens (primary N) is 1. The van der Waals surface area contributed by atoms with Gasteiger partial charge in [0.05, 0.1) is 18.7 Å². The minimum Gasteiger partial charge on any atom is -0.508 e. The van der Waals surface area contributed by atoms with E-state index in [9.17, 15) is 34.8 Å². The van der Waals surface area contributed by atoms with Crippen LogP contribution in [0.3, 0.4) is 0 Å². The highest BCUT2D eigenvalue weighted by molar-refractivity contribution is 6.15. The van der Waals surface area contributed by atoms with Gasteiger partial charge >= 0.3 is 6.09 Å². The molecule has 12 nitrogen and oxygen atoms in total. The quantitative estimate of drug-likeness (QED) is 0.356. The van der Waals surface area contributed by atoms with Crippen LogP contribution in [0, 0.1) is 11.8 Å². The highest BCUT2D eigenvalue weighted by Gasteiger charge is 2.63. The van der Waals surface area contributed by atoms with Crippen LogP contribution >= 0.6 is 0 Å². The molecule has 0 saturated carbocycles. The standard InChI is InChI=1S/C24H29N3O9/c1-26(2)17-13-8-11-7-12-10(9-27(3)35-4)5-6-14(28)16(12)18(29)15(11)21(31)24(13,34)22(32)20(19(17)30)36-23(25)33/h5-6,11,13,17,28,30-31,34H,7-9H2,1-4H3,(H2,25,33)/t11-,13-,17-,24-/m0/s1. The number of benzene rings is 1. The smallest absolute Gasteiger partial charge is 0.410 e. The molecule has 6 N–H and O–H groups in total. The average Bonchev–Trinajstić information content (AvgIpc) is 2.80. The number of primary amides is 1. The maximum atomic E-state index is 13.6. The van der Waals surface area contributed by atoms with E-state index in [2.05, 4.69) is 0 Å². The van der Waals surface area contributed by atoms with Gasteiger partial charge in [-0.2, -0.15) is 5.06 Å². The van der Waals surface area contributed by atoms with Crippen molar-refractivity contribution in [2.45, 2.75) is 31.0 Å². The fourth-order valence-corrected chi connectivity index (χ4v) is 5.70. The first-order valence-electron chi connectivity index (χ1n) is 11.3. The zero-order valence-electron chi connectivity index (χ0n) is 20.3. The number of hydrogen-bond donors (Lipinski definition) is 5. The van der Waals surface area contributed by atoms with E-state index in [0.717, 1.165) is 5.56 Å². The second-order valence-corrected chi connectivity index (χ2v) is 9.54. The number of fused-ring (bicyclic) bond motifs is 3. The molecule has 1 aromatic carbocycles. The predicted molar refractivity (Wildman–Crippen MR) is 124 cm³/mol. The third-order valence-corrected chi connectivity index (χ3v) is 7.32. The Hall–Kier alpha value is -3.45. The summed E-state index contributed by atoms with van der Waals surface area (Å²) in [6, 6.07) is 1.99. The first kappa shape index (κ1) is 25.6. The molecule has 0 bridgehead atoms. The number of aliphatic hydroxyl groups excluding tert-OH is 2. The fraction of sp³-hybridized carbons (Fsp3) is 0.458. The number of phenols is 1. The van der Waals surface area contributed by atoms with Gasteiger partial charge in [-0.05, 0) is 50.0 Å². The summed E-state index contributed by atoms with van der Waals surface area (Å²) in [7, 11) is 6.36. The summed E-state index contributed by atoms with van der Waals surface area (Å²) in [5.74, 6) is -6.45. The lowest BCUT2D eigenvalue weighted by atomic mass is 9.59. The molecule has 3 aliphatic carbocycles. The number of nitrogens with zero attached hydrogens (tertiary/aromatic N) is 2. The molecule has 4 rings (SSSR count). The van der Waals surface area contributed by atoms with Crippen LogP contribution in [-0.4, -0.2) is 87.9 Å². The van der Waals surface area contributed by atoms with Crippen LogP contribution in [0.25, 0.3) is 0 Å². The summed E-state index contributed by atoms with van der Waals surface area (Å²) < 4.78 is 4.72. The first-order valence-corrected chi connectivity index (χ1v) is 11.3. The Bertz CT molecular complexity index is 1220. The monoisotopic (exact) mass is 503 g/mol. The molecule has 1 amide bonds. The van der Waals surface area contributed by atoms with Crippen molar-refractivity contribution in [3.63, 3.8) is 0 Å². The highest BCUT2D eigenvalue weighted by Crippen LogP contribution is 2.52. The van der Waals surface area contributed by atoms with Gasteiger partial charge in [0.25, 0.3) is 0 Å². The number of aromatic hydroxyl groups is 1. The van der Waals surface area contributed by atoms with Crippen LogP contribution in [0.15, 0.2) is 35.0 Å². The van der Waals surface area contributed by atoms with Crippen molar-refractivity contribution in [3.8, 4) is 5.75 Å². The van der Waals surface area contributed by atoms with E-state index < -0.39 is 58.4 Å². The molecule has 0 radical (unpaired) electrons. The van der Waals surface area contributed by atoms with Gasteiger partial charge in [-0.3, -0.25) is 14.5 Å². The Kier molecular flexibility index (Phi) is 6.33. The summed E-state index contributed by atoms with van der Waals surface area (Å²) in [5, 5.41) is 45.8. The second kappa shape index (κ2) is 8.89. The number of rotatable bonds is 5. The number of phenolic OH excluding ortho intramolecular Hbond substituents is 1. The van der Waals surface area contributed by atoms with Crippen molar-refractivity contribution in [1.82, 2.24) is 9.96 Å². The molecular weight excluding hydrogens is 474 g/mol. The molecule has 194 valence electrons. The third kappa shape index (κ3) is 3.64. The summed E-state index contributed by atoms with van der Waals surface area (Å²) >= 11 is 0. The average molecular weight is 504 g/mol. The molecule has 0 heterocycles. The molecule has 1 aromatic rings. The SMILES string of the molecule is CON(C)Cc1ccc(O)c2c1C[C@H]1C[C@H]3[C@H](N(C)C)C(O)=C(OC(N)=O)C(=O)[C@@]3(O)C(O)=C1C2=O. The fourth-order valence-electron chi connectivity index (χ4n) is 5.70. The van der Waals surface area contributed by atoms with Crippen LogP contribution in [0.4, 0.5) is 4.79 Å². The summed E-state index contributed by atoms with van der Waals surface area (Å²) in [5.41, 5.74) is 3.43. The van der Waals surface area contributed by atoms with Crippen LogP contribution < -0.4 is 5.73 Å². The topological polar surface area (TPSA) is 183 Å². The number of carbonyl (C=O) groups excluding carboxylic acids is 3. The lowest BCUT2D eigenvalue weighted by Crippen LogP contribution is -2.63. The van der Waals surface area contributed by atoms with Gasteiger partial charge < -0.3 is 35.7 Å². The van der Waals surface area contributed by atoms with E-state index in [1.54, 1.807) is 32.3 Å². The van der Waals surface area contributed by atoms with Crippen molar-refractivity contribution in [1.29, 1.82) is 0 Å². The largest absolute Gasteiger partial charge is 0.508 e. The lowest BCUT2D eigenvalue weighted by Gasteiger charge is -2.49. The van der Waals surface area contributed by atoms with E-state index in [1.807, 2.05) is 0 Å². The number of ether oxygens (including phenoxy) is 1. The molecule has 0 unspecified atom stereocenters. The second-order valence-electron chi connectivity index (χ2n) is 9.54. The first-order chi connectivity index (χ1) is 16.8. The number of carbonyl (C=O) groups is 3. The maximum Gasteiger partial charge on any atom is 0.410 e. The van der Waals surface area contributed by atoms with Crippen molar-refractivity contribution < 1.29 is 44.4 Å². The molecular formula is C24H29N3O9. The van der Waals surface area contributed by atoms with Crippen molar-refractivity contribution in [2.75, 3.05) is 28.3 Å². The van der Waals surface area contributed by atoms with Crippen molar-refractivity contribution in [2.24, 2.45) is 17.6 Å². The number of amides is 1. The summed E-state index contributed by atoms with van der Waals surface area (Å²) in [4.78, 5) is 45.0. The van der Waals surface area contributed by atoms with E-state index in [0.29, 0.717) is 12.1 Å². The molecule has 0 aliphatic heterocycles. The Balaban J connectivity index is 1.90. The molecule has 4 atom stereocenters. The summed E-state index contributed by atoms with van der Waals surface area (Å²) in [6.07, 6.45) is -1.15. The number of likely N-dealkylation sites (N-methyl/N-ethyl adjacent to an activating group) is 1. The Morgan fingerprint density at radius 3 is 2.44 bits per heavy atom. The van der Waals surface area contributed by atoms with Crippen molar-refractivity contribution >= 4 is 17.7 Å². The van der Waals surface area contributed by atoms with Gasteiger partial charge in [0.15, 0.2) is 17.1 Å². The van der Waals surface area contributed by atoms with Gasteiger partial charge in [-0.25, -0.2) is 4.79 Å². The molecule has 36 heavy (non-hydrogen) atoms. The minimum atomic E-state index is -2.67. The minimum absolute atomic E-state index is 0.0266. The van der Waals surface area contributed by atoms with Crippen LogP contribution in [0.5, 0.6) is 5.75 Å². The van der Waals surface area contributed by atoms with E-state index in [-0.39, 0.29) is 29.7 Å². The lowest BCUT2D eigenvalue weighted by molar-refractivity contribution is -0.151. The zero-order chi connectivity index (χ0) is 26.7. The normalized spacial score (nSPS) is 27.8. The van der Waals surface area contributed by atoms with Crippen LogP contribution in [-0.2, 0) is 27.3 Å². The number of hydroxylamine groups is 2. The molecule has 12 heteroatoms.